The normalized spacial score (nSPS) is 10.8. The highest BCUT2D eigenvalue weighted by Gasteiger charge is 2.09. The highest BCUT2D eigenvalue weighted by molar-refractivity contribution is 5.62. The zero-order valence-corrected chi connectivity index (χ0v) is 39.5. The summed E-state index contributed by atoms with van der Waals surface area (Å²) in [5.41, 5.74) is 4.77. The van der Waals surface area contributed by atoms with Crippen LogP contribution in [0.3, 0.4) is 0 Å². The van der Waals surface area contributed by atoms with Crippen molar-refractivity contribution in [2.45, 2.75) is 118 Å². The molecule has 0 aliphatic rings. The molecule has 0 saturated carbocycles. The van der Waals surface area contributed by atoms with E-state index in [0.29, 0.717) is 19.8 Å². The molecule has 0 fully saturated rings. The number of benzene rings is 3. The van der Waals surface area contributed by atoms with E-state index in [1.807, 2.05) is 36.4 Å². The lowest BCUT2D eigenvalue weighted by Gasteiger charge is -2.08. The average molecular weight is 964 g/mol. The van der Waals surface area contributed by atoms with Crippen LogP contribution in [0.1, 0.15) is 97.8 Å². The van der Waals surface area contributed by atoms with E-state index in [1.54, 1.807) is 55.0 Å². The molecular weight excluding hydrogens is 901 g/mol. The SMILES string of the molecule is CCCCCCCOc1ccc(-c2ccc(OC(F)F)cc2)nc1.CCCCCCOc1ccc(-c2ccc(OC(F)F)cc2)nc1.CCCCCOc1ccc(-c2ccc(OC(F)F)cc2)nc1. The lowest BCUT2D eigenvalue weighted by atomic mass is 10.1. The third kappa shape index (κ3) is 22.4. The van der Waals surface area contributed by atoms with Crippen molar-refractivity contribution in [1.82, 2.24) is 15.0 Å². The van der Waals surface area contributed by atoms with Gasteiger partial charge in [-0.1, -0.05) is 78.6 Å². The van der Waals surface area contributed by atoms with Gasteiger partial charge in [0.15, 0.2) is 0 Å². The molecule has 3 aromatic carbocycles. The zero-order chi connectivity index (χ0) is 49.5. The number of aromatic nitrogens is 3. The Morgan fingerprint density at radius 1 is 0.319 bits per heavy atom. The molecule has 0 aliphatic heterocycles. The van der Waals surface area contributed by atoms with Gasteiger partial charge in [0.2, 0.25) is 0 Å². The minimum absolute atomic E-state index is 0.134. The number of rotatable bonds is 27. The fraction of sp³-hybridized carbons (Fsp3) is 0.389. The molecule has 0 amide bonds. The summed E-state index contributed by atoms with van der Waals surface area (Å²) >= 11 is 0. The van der Waals surface area contributed by atoms with Crippen LogP contribution in [0.5, 0.6) is 34.5 Å². The van der Waals surface area contributed by atoms with Gasteiger partial charge in [0.05, 0.1) is 55.5 Å². The maximum Gasteiger partial charge on any atom is 0.387 e. The summed E-state index contributed by atoms with van der Waals surface area (Å²) in [6.07, 6.45) is 19.0. The fourth-order valence-electron chi connectivity index (χ4n) is 6.49. The predicted octanol–water partition coefficient (Wildman–Crippen LogP) is 15.9. The van der Waals surface area contributed by atoms with Gasteiger partial charge in [-0.3, -0.25) is 15.0 Å². The number of hydrogen-bond acceptors (Lipinski definition) is 9. The van der Waals surface area contributed by atoms with E-state index in [4.69, 9.17) is 14.2 Å². The van der Waals surface area contributed by atoms with E-state index in [2.05, 4.69) is 49.9 Å². The Morgan fingerprint density at radius 2 is 0.565 bits per heavy atom. The summed E-state index contributed by atoms with van der Waals surface area (Å²) in [7, 11) is 0. The van der Waals surface area contributed by atoms with Crippen LogP contribution in [0.4, 0.5) is 26.3 Å². The maximum atomic E-state index is 12.1. The lowest BCUT2D eigenvalue weighted by molar-refractivity contribution is -0.0505. The maximum absolute atomic E-state index is 12.1. The summed E-state index contributed by atoms with van der Waals surface area (Å²) in [4.78, 5) is 13.0. The van der Waals surface area contributed by atoms with E-state index >= 15 is 0 Å². The van der Waals surface area contributed by atoms with Crippen molar-refractivity contribution >= 4 is 0 Å². The largest absolute Gasteiger partial charge is 0.492 e. The van der Waals surface area contributed by atoms with Gasteiger partial charge in [0.25, 0.3) is 0 Å². The van der Waals surface area contributed by atoms with Gasteiger partial charge in [0, 0.05) is 16.7 Å². The van der Waals surface area contributed by atoms with Crippen LogP contribution < -0.4 is 28.4 Å². The van der Waals surface area contributed by atoms with Gasteiger partial charge in [-0.25, -0.2) is 0 Å². The second kappa shape index (κ2) is 32.3. The van der Waals surface area contributed by atoms with Crippen molar-refractivity contribution in [2.24, 2.45) is 0 Å². The molecule has 0 N–H and O–H groups in total. The average Bonchev–Trinajstić information content (AvgIpc) is 3.35. The zero-order valence-electron chi connectivity index (χ0n) is 39.5. The van der Waals surface area contributed by atoms with Crippen molar-refractivity contribution in [3.63, 3.8) is 0 Å². The Kier molecular flexibility index (Phi) is 25.8. The second-order valence-corrected chi connectivity index (χ2v) is 15.6. The van der Waals surface area contributed by atoms with Crippen molar-refractivity contribution in [3.8, 4) is 68.3 Å². The van der Waals surface area contributed by atoms with E-state index in [9.17, 15) is 26.3 Å². The van der Waals surface area contributed by atoms with Gasteiger partial charge in [-0.2, -0.15) is 26.3 Å². The summed E-state index contributed by atoms with van der Waals surface area (Å²) in [6.45, 7) is 0.167. The first kappa shape index (κ1) is 55.1. The highest BCUT2D eigenvalue weighted by Crippen LogP contribution is 2.26. The summed E-state index contributed by atoms with van der Waals surface area (Å²) < 4.78 is 103. The molecule has 0 spiro atoms. The van der Waals surface area contributed by atoms with Crippen molar-refractivity contribution in [2.75, 3.05) is 19.8 Å². The number of alkyl halides is 6. The van der Waals surface area contributed by atoms with Crippen LogP contribution in [0.2, 0.25) is 0 Å². The van der Waals surface area contributed by atoms with Gasteiger partial charge >= 0.3 is 19.8 Å². The second-order valence-electron chi connectivity index (χ2n) is 15.6. The van der Waals surface area contributed by atoms with E-state index < -0.39 is 19.8 Å². The third-order valence-corrected chi connectivity index (χ3v) is 10.1. The molecule has 3 aromatic heterocycles. The summed E-state index contributed by atoms with van der Waals surface area (Å²) in [5.74, 6) is 2.62. The van der Waals surface area contributed by atoms with Gasteiger partial charge in [0.1, 0.15) is 34.5 Å². The standard InChI is InChI=1S/C19H23F2NO2.C18H21F2NO2.C17H19F2NO2/c1-2-3-4-5-6-13-23-17-11-12-18(22-14-17)15-7-9-16(10-8-15)24-19(20)21;1-2-3-4-5-12-22-16-10-11-17(21-13-16)14-6-8-15(9-7-14)23-18(19)20;1-2-3-4-11-21-15-9-10-16(20-12-15)13-5-7-14(8-6-13)22-17(18)19/h7-12,14,19H,2-6,13H2,1H3;6-11,13,18H,2-5,12H2,1H3;5-10,12,17H,2-4,11H2,1H3. The molecule has 6 rings (SSSR count). The van der Waals surface area contributed by atoms with Crippen molar-refractivity contribution < 1.29 is 54.8 Å². The minimum Gasteiger partial charge on any atom is -0.492 e. The molecular formula is C54H63F6N3O6. The fourth-order valence-corrected chi connectivity index (χ4v) is 6.49. The Bertz CT molecular complexity index is 2220. The number of ether oxygens (including phenoxy) is 6. The molecule has 0 atom stereocenters. The first-order chi connectivity index (χ1) is 33.6. The number of unbranched alkanes of at least 4 members (excludes halogenated alkanes) is 9. The molecule has 0 bridgehead atoms. The Balaban J connectivity index is 0.000000226. The Morgan fingerprint density at radius 3 is 0.826 bits per heavy atom. The van der Waals surface area contributed by atoms with E-state index in [0.717, 1.165) is 83.1 Å². The van der Waals surface area contributed by atoms with Crippen LogP contribution in [0, 0.1) is 0 Å². The molecule has 0 radical (unpaired) electrons. The Labute approximate surface area is 402 Å². The first-order valence-corrected chi connectivity index (χ1v) is 23.5. The Hall–Kier alpha value is -6.51. The van der Waals surface area contributed by atoms with Crippen LogP contribution in [0.25, 0.3) is 33.8 Å². The van der Waals surface area contributed by atoms with Crippen molar-refractivity contribution in [1.29, 1.82) is 0 Å². The summed E-state index contributed by atoms with van der Waals surface area (Å²) in [5, 5.41) is 0. The van der Waals surface area contributed by atoms with E-state index in [1.165, 1.54) is 81.3 Å². The van der Waals surface area contributed by atoms with Crippen LogP contribution in [-0.4, -0.2) is 54.6 Å². The van der Waals surface area contributed by atoms with Crippen molar-refractivity contribution in [3.05, 3.63) is 128 Å². The topological polar surface area (TPSA) is 94.1 Å². The molecule has 15 heteroatoms. The molecule has 3 heterocycles. The first-order valence-electron chi connectivity index (χ1n) is 23.5. The quantitative estimate of drug-likeness (QED) is 0.0369. The van der Waals surface area contributed by atoms with Crippen LogP contribution in [-0.2, 0) is 0 Å². The molecule has 0 aliphatic carbocycles. The monoisotopic (exact) mass is 963 g/mol. The molecule has 9 nitrogen and oxygen atoms in total. The summed E-state index contributed by atoms with van der Waals surface area (Å²) in [6, 6.07) is 30.4. The van der Waals surface area contributed by atoms with Crippen LogP contribution >= 0.6 is 0 Å². The highest BCUT2D eigenvalue weighted by atomic mass is 19.3. The number of halogens is 6. The van der Waals surface area contributed by atoms with E-state index in [-0.39, 0.29) is 17.2 Å². The predicted molar refractivity (Wildman–Crippen MR) is 258 cm³/mol. The number of nitrogens with zero attached hydrogens (tertiary/aromatic N) is 3. The molecule has 6 aromatic rings. The number of hydrogen-bond donors (Lipinski definition) is 0. The molecule has 372 valence electrons. The third-order valence-electron chi connectivity index (χ3n) is 10.1. The molecule has 69 heavy (non-hydrogen) atoms. The lowest BCUT2D eigenvalue weighted by Crippen LogP contribution is -2.01. The number of pyridine rings is 3. The van der Waals surface area contributed by atoms with Gasteiger partial charge in [-0.05, 0) is 128 Å². The smallest absolute Gasteiger partial charge is 0.387 e. The van der Waals surface area contributed by atoms with Crippen LogP contribution in [0.15, 0.2) is 128 Å². The minimum atomic E-state index is -2.81. The molecule has 0 unspecified atom stereocenters. The molecule has 0 saturated heterocycles. The van der Waals surface area contributed by atoms with Gasteiger partial charge in [-0.15, -0.1) is 0 Å². The van der Waals surface area contributed by atoms with Gasteiger partial charge < -0.3 is 28.4 Å².